The molecule has 0 unspecified atom stereocenters. The van der Waals surface area contributed by atoms with Crippen LogP contribution in [0.25, 0.3) is 0 Å². The van der Waals surface area contributed by atoms with Gasteiger partial charge >= 0.3 is 11.9 Å². The number of hydrogen-bond acceptors (Lipinski definition) is 5. The molecular formula is C8H10O7. The summed E-state index contributed by atoms with van der Waals surface area (Å²) in [6.07, 6.45) is -3.43. The standard InChI is InChI=1S/C8H10O7/c9-4-2-8(15,7(13)14)1-3(5(4)10)6(11)12/h1,4-5,9-10,15H,2H2,(H,11,12)(H,13,14)/t4-,5-,8+/m1/s1. The predicted octanol–water partition coefficient (Wildman–Crippen LogP) is -2.06. The van der Waals surface area contributed by atoms with Crippen LogP contribution in [0.2, 0.25) is 0 Å². The number of hydrogen-bond donors (Lipinski definition) is 5. The molecular weight excluding hydrogens is 208 g/mol. The molecule has 0 bridgehead atoms. The topological polar surface area (TPSA) is 135 Å². The molecule has 5 N–H and O–H groups in total. The number of carbonyl (C=O) groups is 2. The summed E-state index contributed by atoms with van der Waals surface area (Å²) in [6, 6.07) is 0. The summed E-state index contributed by atoms with van der Waals surface area (Å²) >= 11 is 0. The van der Waals surface area contributed by atoms with Gasteiger partial charge in [0.2, 0.25) is 0 Å². The Balaban J connectivity index is 3.17. The van der Waals surface area contributed by atoms with E-state index in [1.54, 1.807) is 0 Å². The van der Waals surface area contributed by atoms with Crippen molar-refractivity contribution in [3.63, 3.8) is 0 Å². The maximum absolute atomic E-state index is 10.6. The zero-order valence-corrected chi connectivity index (χ0v) is 7.49. The van der Waals surface area contributed by atoms with E-state index in [1.165, 1.54) is 0 Å². The number of carboxylic acids is 2. The minimum absolute atomic E-state index is 0.537. The lowest BCUT2D eigenvalue weighted by molar-refractivity contribution is -0.159. The van der Waals surface area contributed by atoms with Crippen LogP contribution in [-0.2, 0) is 9.59 Å². The maximum Gasteiger partial charge on any atom is 0.339 e. The van der Waals surface area contributed by atoms with Crippen LogP contribution >= 0.6 is 0 Å². The Kier molecular flexibility index (Phi) is 2.80. The zero-order chi connectivity index (χ0) is 11.8. The SMILES string of the molecule is O=C(O)C1=C[C@@](O)(C(=O)O)C[C@@H](O)[C@@H]1O. The molecule has 1 rings (SSSR count). The highest BCUT2D eigenvalue weighted by Gasteiger charge is 2.45. The van der Waals surface area contributed by atoms with Gasteiger partial charge in [-0.25, -0.2) is 9.59 Å². The Morgan fingerprint density at radius 2 is 1.87 bits per heavy atom. The molecule has 84 valence electrons. The Morgan fingerprint density at radius 3 is 2.27 bits per heavy atom. The van der Waals surface area contributed by atoms with Gasteiger partial charge in [0, 0.05) is 6.42 Å². The third-order valence-electron chi connectivity index (χ3n) is 2.22. The number of carboxylic acid groups (broad SMARTS) is 2. The molecule has 1 aliphatic rings. The van der Waals surface area contributed by atoms with E-state index in [0.717, 1.165) is 0 Å². The Morgan fingerprint density at radius 1 is 1.33 bits per heavy atom. The summed E-state index contributed by atoms with van der Waals surface area (Å²) < 4.78 is 0. The van der Waals surface area contributed by atoms with Crippen LogP contribution in [0.3, 0.4) is 0 Å². The molecule has 15 heavy (non-hydrogen) atoms. The third kappa shape index (κ3) is 1.99. The first kappa shape index (κ1) is 11.6. The van der Waals surface area contributed by atoms with Crippen LogP contribution in [0.15, 0.2) is 11.6 Å². The molecule has 0 fully saturated rings. The fourth-order valence-electron chi connectivity index (χ4n) is 1.38. The first-order chi connectivity index (χ1) is 6.78. The smallest absolute Gasteiger partial charge is 0.339 e. The third-order valence-corrected chi connectivity index (χ3v) is 2.22. The molecule has 0 radical (unpaired) electrons. The summed E-state index contributed by atoms with van der Waals surface area (Å²) in [5, 5.41) is 45.1. The van der Waals surface area contributed by atoms with Gasteiger partial charge in [-0.1, -0.05) is 0 Å². The van der Waals surface area contributed by atoms with Gasteiger partial charge in [0.05, 0.1) is 11.7 Å². The predicted molar refractivity (Wildman–Crippen MR) is 44.9 cm³/mol. The van der Waals surface area contributed by atoms with E-state index in [-0.39, 0.29) is 0 Å². The van der Waals surface area contributed by atoms with Gasteiger partial charge in [-0.3, -0.25) is 0 Å². The van der Waals surface area contributed by atoms with Gasteiger partial charge in [0.25, 0.3) is 0 Å². The molecule has 0 aliphatic heterocycles. The van der Waals surface area contributed by atoms with Crippen molar-refractivity contribution in [3.05, 3.63) is 11.6 Å². The lowest BCUT2D eigenvalue weighted by Gasteiger charge is -2.31. The monoisotopic (exact) mass is 218 g/mol. The van der Waals surface area contributed by atoms with Gasteiger partial charge in [-0.05, 0) is 6.08 Å². The van der Waals surface area contributed by atoms with Gasteiger partial charge in [-0.2, -0.15) is 0 Å². The molecule has 0 aromatic carbocycles. The van der Waals surface area contributed by atoms with Gasteiger partial charge < -0.3 is 25.5 Å². The molecule has 0 heterocycles. The summed E-state index contributed by atoms with van der Waals surface area (Å²) in [4.78, 5) is 21.2. The van der Waals surface area contributed by atoms with Crippen molar-refractivity contribution in [1.82, 2.24) is 0 Å². The minimum Gasteiger partial charge on any atom is -0.479 e. The lowest BCUT2D eigenvalue weighted by Crippen LogP contribution is -2.49. The average molecular weight is 218 g/mol. The van der Waals surface area contributed by atoms with Crippen molar-refractivity contribution >= 4 is 11.9 Å². The molecule has 7 nitrogen and oxygen atoms in total. The summed E-state index contributed by atoms with van der Waals surface area (Å²) in [5.41, 5.74) is -3.18. The summed E-state index contributed by atoms with van der Waals surface area (Å²) in [7, 11) is 0. The molecule has 0 spiro atoms. The number of aliphatic hydroxyl groups excluding tert-OH is 2. The van der Waals surface area contributed by atoms with E-state index < -0.39 is 41.7 Å². The molecule has 0 saturated heterocycles. The number of aliphatic carboxylic acids is 2. The highest BCUT2D eigenvalue weighted by atomic mass is 16.4. The van der Waals surface area contributed by atoms with E-state index >= 15 is 0 Å². The molecule has 0 aromatic heterocycles. The van der Waals surface area contributed by atoms with Gasteiger partial charge in [-0.15, -0.1) is 0 Å². The highest BCUT2D eigenvalue weighted by Crippen LogP contribution is 2.27. The second kappa shape index (κ2) is 3.61. The van der Waals surface area contributed by atoms with Gasteiger partial charge in [0.1, 0.15) is 6.10 Å². The van der Waals surface area contributed by atoms with Crippen molar-refractivity contribution in [2.24, 2.45) is 0 Å². The normalized spacial score (nSPS) is 35.8. The van der Waals surface area contributed by atoms with Crippen molar-refractivity contribution in [3.8, 4) is 0 Å². The van der Waals surface area contributed by atoms with E-state index in [4.69, 9.17) is 10.2 Å². The number of rotatable bonds is 2. The molecule has 0 aromatic rings. The van der Waals surface area contributed by atoms with Crippen LogP contribution < -0.4 is 0 Å². The Bertz CT molecular complexity index is 334. The Labute approximate surface area is 83.9 Å². The second-order valence-electron chi connectivity index (χ2n) is 3.35. The quantitative estimate of drug-likeness (QED) is 0.359. The van der Waals surface area contributed by atoms with E-state index in [1.807, 2.05) is 0 Å². The molecule has 1 aliphatic carbocycles. The van der Waals surface area contributed by atoms with Crippen molar-refractivity contribution in [2.45, 2.75) is 24.2 Å². The summed E-state index contributed by atoms with van der Waals surface area (Å²) in [5.74, 6) is -3.26. The molecule has 0 saturated carbocycles. The van der Waals surface area contributed by atoms with E-state index in [9.17, 15) is 24.9 Å². The van der Waals surface area contributed by atoms with Crippen LogP contribution in [0, 0.1) is 0 Å². The maximum atomic E-state index is 10.6. The van der Waals surface area contributed by atoms with Crippen LogP contribution in [0.1, 0.15) is 6.42 Å². The highest BCUT2D eigenvalue weighted by molar-refractivity contribution is 5.91. The van der Waals surface area contributed by atoms with Crippen LogP contribution in [0.5, 0.6) is 0 Å². The van der Waals surface area contributed by atoms with E-state index in [2.05, 4.69) is 0 Å². The van der Waals surface area contributed by atoms with Crippen LogP contribution in [-0.4, -0.2) is 55.3 Å². The van der Waals surface area contributed by atoms with Crippen molar-refractivity contribution < 1.29 is 35.1 Å². The first-order valence-electron chi connectivity index (χ1n) is 4.06. The van der Waals surface area contributed by atoms with Crippen molar-refractivity contribution in [1.29, 1.82) is 0 Å². The second-order valence-corrected chi connectivity index (χ2v) is 3.35. The molecule has 7 heteroatoms. The summed E-state index contributed by atoms with van der Waals surface area (Å²) in [6.45, 7) is 0. The fourth-order valence-corrected chi connectivity index (χ4v) is 1.38. The lowest BCUT2D eigenvalue weighted by atomic mass is 9.83. The molecule has 3 atom stereocenters. The number of aliphatic hydroxyl groups is 3. The van der Waals surface area contributed by atoms with Crippen LogP contribution in [0.4, 0.5) is 0 Å². The van der Waals surface area contributed by atoms with E-state index in [0.29, 0.717) is 6.08 Å². The first-order valence-corrected chi connectivity index (χ1v) is 4.06. The van der Waals surface area contributed by atoms with Crippen molar-refractivity contribution in [2.75, 3.05) is 0 Å². The van der Waals surface area contributed by atoms with Gasteiger partial charge in [0.15, 0.2) is 5.60 Å². The Hall–Kier alpha value is -1.44. The minimum atomic E-state index is -2.45. The largest absolute Gasteiger partial charge is 0.479 e. The molecule has 0 amide bonds. The zero-order valence-electron chi connectivity index (χ0n) is 7.49. The fraction of sp³-hybridized carbons (Fsp3) is 0.500. The average Bonchev–Trinajstić information content (AvgIpc) is 2.10.